The molecule has 0 fully saturated rings. The minimum absolute atomic E-state index is 0.0806. The minimum Gasteiger partial charge on any atom is -0.361 e. The first-order valence-electron chi connectivity index (χ1n) is 5.46. The molecule has 19 heavy (non-hydrogen) atoms. The van der Waals surface area contributed by atoms with Crippen LogP contribution in [0.1, 0.15) is 21.7 Å². The summed E-state index contributed by atoms with van der Waals surface area (Å²) in [5, 5.41) is 16.8. The Labute approximate surface area is 108 Å². The maximum Gasteiger partial charge on any atom is 0.271 e. The van der Waals surface area contributed by atoms with Crippen molar-refractivity contribution >= 4 is 17.3 Å². The number of nitrogens with one attached hydrogen (secondary N) is 1. The molecule has 0 spiro atoms. The third-order valence-corrected chi connectivity index (χ3v) is 2.68. The van der Waals surface area contributed by atoms with E-state index in [0.717, 1.165) is 5.56 Å². The average Bonchev–Trinajstić information content (AvgIpc) is 2.78. The van der Waals surface area contributed by atoms with Crippen molar-refractivity contribution < 1.29 is 14.2 Å². The van der Waals surface area contributed by atoms with Gasteiger partial charge in [0.15, 0.2) is 0 Å². The highest BCUT2D eigenvalue weighted by molar-refractivity contribution is 6.05. The number of aryl methyl sites for hydroxylation is 2. The molecule has 7 nitrogen and oxygen atoms in total. The van der Waals surface area contributed by atoms with E-state index in [1.807, 2.05) is 0 Å². The second-order valence-corrected chi connectivity index (χ2v) is 4.01. The summed E-state index contributed by atoms with van der Waals surface area (Å²) in [5.41, 5.74) is 1.33. The van der Waals surface area contributed by atoms with Gasteiger partial charge in [-0.15, -0.1) is 0 Å². The van der Waals surface area contributed by atoms with Gasteiger partial charge in [0.1, 0.15) is 11.3 Å². The highest BCUT2D eigenvalue weighted by Crippen LogP contribution is 2.22. The largest absolute Gasteiger partial charge is 0.361 e. The molecule has 0 aliphatic rings. The summed E-state index contributed by atoms with van der Waals surface area (Å²) in [7, 11) is 0. The smallest absolute Gasteiger partial charge is 0.271 e. The fraction of sp³-hybridized carbons (Fsp3) is 0.167. The number of hydrogen-bond acceptors (Lipinski definition) is 5. The number of non-ortho nitro benzene ring substituents is 1. The summed E-state index contributed by atoms with van der Waals surface area (Å²) in [6.45, 7) is 3.36. The maximum absolute atomic E-state index is 11.9. The van der Waals surface area contributed by atoms with Crippen molar-refractivity contribution in [1.82, 2.24) is 5.16 Å². The van der Waals surface area contributed by atoms with Crippen LogP contribution in [-0.4, -0.2) is 16.0 Å². The lowest BCUT2D eigenvalue weighted by atomic mass is 10.1. The van der Waals surface area contributed by atoms with Gasteiger partial charge in [-0.25, -0.2) is 0 Å². The number of rotatable bonds is 3. The highest BCUT2D eigenvalue weighted by atomic mass is 16.6. The van der Waals surface area contributed by atoms with Crippen molar-refractivity contribution in [3.63, 3.8) is 0 Å². The monoisotopic (exact) mass is 261 g/mol. The zero-order valence-electron chi connectivity index (χ0n) is 10.3. The molecular weight excluding hydrogens is 250 g/mol. The Bertz CT molecular complexity index is 648. The lowest BCUT2D eigenvalue weighted by Gasteiger charge is -2.07. The first-order valence-corrected chi connectivity index (χ1v) is 5.46. The predicted molar refractivity (Wildman–Crippen MR) is 67.0 cm³/mol. The Morgan fingerprint density at radius 2 is 2.16 bits per heavy atom. The number of nitrogens with zero attached hydrogens (tertiary/aromatic N) is 2. The fourth-order valence-electron chi connectivity index (χ4n) is 1.56. The zero-order chi connectivity index (χ0) is 14.0. The standard InChI is InChI=1S/C12H11N3O4/c1-7-3-4-9(15(17)18)5-11(7)14-12(16)10-6-13-19-8(10)2/h3-6H,1-2H3,(H,14,16). The lowest BCUT2D eigenvalue weighted by Crippen LogP contribution is -2.13. The van der Waals surface area contributed by atoms with Crippen LogP contribution in [0.25, 0.3) is 0 Å². The molecule has 0 bridgehead atoms. The van der Waals surface area contributed by atoms with Crippen molar-refractivity contribution in [1.29, 1.82) is 0 Å². The van der Waals surface area contributed by atoms with E-state index in [-0.39, 0.29) is 5.69 Å². The Hall–Kier alpha value is -2.70. The molecule has 0 saturated heterocycles. The molecule has 1 aromatic carbocycles. The van der Waals surface area contributed by atoms with Gasteiger partial charge in [0, 0.05) is 12.1 Å². The highest BCUT2D eigenvalue weighted by Gasteiger charge is 2.15. The topological polar surface area (TPSA) is 98.3 Å². The molecule has 0 aliphatic carbocycles. The first-order chi connectivity index (χ1) is 8.99. The normalized spacial score (nSPS) is 10.2. The van der Waals surface area contributed by atoms with Gasteiger partial charge in [-0.3, -0.25) is 14.9 Å². The van der Waals surface area contributed by atoms with Gasteiger partial charge >= 0.3 is 0 Å². The zero-order valence-corrected chi connectivity index (χ0v) is 10.3. The number of aromatic nitrogens is 1. The van der Waals surface area contributed by atoms with E-state index in [0.29, 0.717) is 17.0 Å². The lowest BCUT2D eigenvalue weighted by molar-refractivity contribution is -0.384. The summed E-state index contributed by atoms with van der Waals surface area (Å²) in [6.07, 6.45) is 1.30. The first kappa shape index (κ1) is 12.7. The van der Waals surface area contributed by atoms with Gasteiger partial charge in [0.05, 0.1) is 16.8 Å². The second kappa shape index (κ2) is 4.89. The van der Waals surface area contributed by atoms with Gasteiger partial charge in [-0.1, -0.05) is 11.2 Å². The molecule has 98 valence electrons. The molecule has 0 saturated carbocycles. The van der Waals surface area contributed by atoms with E-state index < -0.39 is 10.8 Å². The van der Waals surface area contributed by atoms with Crippen molar-refractivity contribution in [2.75, 3.05) is 5.32 Å². The molecular formula is C12H11N3O4. The number of carbonyl (C=O) groups is 1. The Balaban J connectivity index is 2.28. The summed E-state index contributed by atoms with van der Waals surface area (Å²) >= 11 is 0. The van der Waals surface area contributed by atoms with E-state index in [4.69, 9.17) is 4.52 Å². The van der Waals surface area contributed by atoms with E-state index in [1.54, 1.807) is 19.9 Å². The molecule has 1 N–H and O–H groups in total. The van der Waals surface area contributed by atoms with Crippen LogP contribution >= 0.6 is 0 Å². The molecule has 0 radical (unpaired) electrons. The summed E-state index contributed by atoms with van der Waals surface area (Å²) in [5.74, 6) is -0.0251. The molecule has 1 amide bonds. The number of nitro benzene ring substituents is 1. The molecule has 0 atom stereocenters. The number of anilines is 1. The summed E-state index contributed by atoms with van der Waals surface area (Å²) in [4.78, 5) is 22.1. The van der Waals surface area contributed by atoms with Crippen LogP contribution in [0.15, 0.2) is 28.9 Å². The van der Waals surface area contributed by atoms with Crippen LogP contribution in [0.2, 0.25) is 0 Å². The molecule has 1 aromatic heterocycles. The van der Waals surface area contributed by atoms with E-state index in [2.05, 4.69) is 10.5 Å². The Kier molecular flexibility index (Phi) is 3.28. The van der Waals surface area contributed by atoms with Crippen molar-refractivity contribution in [3.8, 4) is 0 Å². The van der Waals surface area contributed by atoms with E-state index in [1.165, 1.54) is 18.3 Å². The molecule has 2 aromatic rings. The van der Waals surface area contributed by atoms with Crippen molar-refractivity contribution in [2.45, 2.75) is 13.8 Å². The third kappa shape index (κ3) is 2.59. The minimum atomic E-state index is -0.514. The van der Waals surface area contributed by atoms with Crippen molar-refractivity contribution in [2.24, 2.45) is 0 Å². The maximum atomic E-state index is 11.9. The predicted octanol–water partition coefficient (Wildman–Crippen LogP) is 2.45. The Morgan fingerprint density at radius 1 is 1.42 bits per heavy atom. The fourth-order valence-corrected chi connectivity index (χ4v) is 1.56. The SMILES string of the molecule is Cc1ccc([N+](=O)[O-])cc1NC(=O)c1cnoc1C. The van der Waals surface area contributed by atoms with Crippen LogP contribution < -0.4 is 5.32 Å². The molecule has 7 heteroatoms. The van der Waals surface area contributed by atoms with Gasteiger partial charge in [-0.2, -0.15) is 0 Å². The van der Waals surface area contributed by atoms with E-state index in [9.17, 15) is 14.9 Å². The average molecular weight is 261 g/mol. The van der Waals surface area contributed by atoms with Gasteiger partial charge in [0.2, 0.25) is 0 Å². The number of carbonyl (C=O) groups excluding carboxylic acids is 1. The van der Waals surface area contributed by atoms with Gasteiger partial charge in [0.25, 0.3) is 11.6 Å². The Morgan fingerprint density at radius 3 is 2.74 bits per heavy atom. The number of nitro groups is 1. The van der Waals surface area contributed by atoms with Crippen LogP contribution in [0, 0.1) is 24.0 Å². The molecule has 0 unspecified atom stereocenters. The molecule has 2 rings (SSSR count). The van der Waals surface area contributed by atoms with Crippen LogP contribution in [0.3, 0.4) is 0 Å². The number of benzene rings is 1. The number of amides is 1. The van der Waals surface area contributed by atoms with Gasteiger partial charge in [-0.05, 0) is 19.4 Å². The molecule has 1 heterocycles. The quantitative estimate of drug-likeness (QED) is 0.675. The summed E-state index contributed by atoms with van der Waals surface area (Å²) < 4.78 is 4.80. The van der Waals surface area contributed by atoms with Crippen LogP contribution in [-0.2, 0) is 0 Å². The van der Waals surface area contributed by atoms with Crippen LogP contribution in [0.5, 0.6) is 0 Å². The van der Waals surface area contributed by atoms with Crippen molar-refractivity contribution in [3.05, 3.63) is 51.4 Å². The number of hydrogen-bond donors (Lipinski definition) is 1. The van der Waals surface area contributed by atoms with E-state index >= 15 is 0 Å². The second-order valence-electron chi connectivity index (χ2n) is 4.01. The summed E-state index contributed by atoms with van der Waals surface area (Å²) in [6, 6.07) is 4.28. The molecule has 0 aliphatic heterocycles. The third-order valence-electron chi connectivity index (χ3n) is 2.68. The van der Waals surface area contributed by atoms with Gasteiger partial charge < -0.3 is 9.84 Å². The van der Waals surface area contributed by atoms with Crippen LogP contribution in [0.4, 0.5) is 11.4 Å².